The highest BCUT2D eigenvalue weighted by molar-refractivity contribution is 5.87. The van der Waals surface area contributed by atoms with Gasteiger partial charge in [-0.15, -0.1) is 0 Å². The summed E-state index contributed by atoms with van der Waals surface area (Å²) in [5.41, 5.74) is 4.62. The molecule has 0 heterocycles. The zero-order chi connectivity index (χ0) is 20.7. The lowest BCUT2D eigenvalue weighted by Gasteiger charge is -2.29. The Morgan fingerprint density at radius 2 is 1.64 bits per heavy atom. The number of carbonyl (C=O) groups excluding carboxylic acids is 2. The van der Waals surface area contributed by atoms with Crippen molar-refractivity contribution in [2.75, 3.05) is 7.05 Å². The van der Waals surface area contributed by atoms with Crippen LogP contribution in [0.2, 0.25) is 0 Å². The summed E-state index contributed by atoms with van der Waals surface area (Å²) in [4.78, 5) is 26.9. The summed E-state index contributed by atoms with van der Waals surface area (Å²) in [5.74, 6) is 0.337. The minimum atomic E-state index is -0.513. The van der Waals surface area contributed by atoms with E-state index in [4.69, 9.17) is 0 Å². The summed E-state index contributed by atoms with van der Waals surface area (Å²) in [7, 11) is 1.60. The van der Waals surface area contributed by atoms with Gasteiger partial charge in [0.1, 0.15) is 6.04 Å². The Hall–Kier alpha value is -2.62. The third-order valence-electron chi connectivity index (χ3n) is 5.29. The molecule has 2 rings (SSSR count). The number of hydrogen-bond donors (Lipinski definition) is 1. The smallest absolute Gasteiger partial charge is 0.242 e. The average Bonchev–Trinajstić information content (AvgIpc) is 2.70. The van der Waals surface area contributed by atoms with E-state index in [1.165, 1.54) is 5.56 Å². The second kappa shape index (κ2) is 10.1. The van der Waals surface area contributed by atoms with Crippen molar-refractivity contribution in [3.8, 4) is 0 Å². The Morgan fingerprint density at radius 3 is 2.21 bits per heavy atom. The standard InChI is InChI=1S/C24H32N2O2/c1-17(2)21-13-10-20(11-14-21)12-15-23(27)26(19(4)24(28)25-5)16-22-9-7-6-8-18(22)3/h6-11,13-14,17,19H,12,15-16H2,1-5H3,(H,25,28)/t19-/m0/s1. The van der Waals surface area contributed by atoms with Crippen molar-refractivity contribution in [1.29, 1.82) is 0 Å². The molecule has 4 heteroatoms. The Bertz CT molecular complexity index is 797. The molecule has 0 saturated heterocycles. The maximum atomic E-state index is 13.0. The normalized spacial score (nSPS) is 11.9. The van der Waals surface area contributed by atoms with E-state index in [2.05, 4.69) is 43.4 Å². The van der Waals surface area contributed by atoms with Gasteiger partial charge in [0.05, 0.1) is 0 Å². The molecule has 4 nitrogen and oxygen atoms in total. The predicted molar refractivity (Wildman–Crippen MR) is 114 cm³/mol. The first-order chi connectivity index (χ1) is 13.3. The van der Waals surface area contributed by atoms with E-state index < -0.39 is 6.04 Å². The number of amides is 2. The minimum absolute atomic E-state index is 0.00714. The number of rotatable bonds is 8. The molecule has 0 aliphatic heterocycles. The Morgan fingerprint density at radius 1 is 1.00 bits per heavy atom. The van der Waals surface area contributed by atoms with Crippen LogP contribution in [0.25, 0.3) is 0 Å². The second-order valence-corrected chi connectivity index (χ2v) is 7.63. The topological polar surface area (TPSA) is 49.4 Å². The van der Waals surface area contributed by atoms with Crippen molar-refractivity contribution in [2.24, 2.45) is 0 Å². The molecular formula is C24H32N2O2. The van der Waals surface area contributed by atoms with Crippen LogP contribution in [0.5, 0.6) is 0 Å². The maximum Gasteiger partial charge on any atom is 0.242 e. The van der Waals surface area contributed by atoms with Crippen molar-refractivity contribution in [2.45, 2.75) is 59.0 Å². The number of likely N-dealkylation sites (N-methyl/N-ethyl adjacent to an activating group) is 1. The maximum absolute atomic E-state index is 13.0. The molecule has 1 atom stereocenters. The highest BCUT2D eigenvalue weighted by Crippen LogP contribution is 2.18. The van der Waals surface area contributed by atoms with Gasteiger partial charge >= 0.3 is 0 Å². The summed E-state index contributed by atoms with van der Waals surface area (Å²) in [6.07, 6.45) is 1.05. The van der Waals surface area contributed by atoms with Crippen LogP contribution >= 0.6 is 0 Å². The second-order valence-electron chi connectivity index (χ2n) is 7.63. The average molecular weight is 381 g/mol. The molecule has 0 fully saturated rings. The van der Waals surface area contributed by atoms with Crippen molar-refractivity contribution < 1.29 is 9.59 Å². The van der Waals surface area contributed by atoms with E-state index in [9.17, 15) is 9.59 Å². The van der Waals surface area contributed by atoms with E-state index in [1.807, 2.05) is 31.2 Å². The molecule has 0 spiro atoms. The van der Waals surface area contributed by atoms with Gasteiger partial charge in [0, 0.05) is 20.0 Å². The number of hydrogen-bond acceptors (Lipinski definition) is 2. The highest BCUT2D eigenvalue weighted by atomic mass is 16.2. The SMILES string of the molecule is CNC(=O)[C@H](C)N(Cc1ccccc1C)C(=O)CCc1ccc(C(C)C)cc1. The number of carbonyl (C=O) groups is 2. The Kier molecular flexibility index (Phi) is 7.80. The first-order valence-corrected chi connectivity index (χ1v) is 9.98. The van der Waals surface area contributed by atoms with Gasteiger partial charge in [-0.05, 0) is 48.4 Å². The zero-order valence-electron chi connectivity index (χ0n) is 17.7. The molecule has 1 N–H and O–H groups in total. The fraction of sp³-hybridized carbons (Fsp3) is 0.417. The number of benzene rings is 2. The molecule has 2 aromatic rings. The van der Waals surface area contributed by atoms with Crippen LogP contribution in [0.3, 0.4) is 0 Å². The van der Waals surface area contributed by atoms with E-state index in [0.29, 0.717) is 25.3 Å². The van der Waals surface area contributed by atoms with Gasteiger partial charge in [0.15, 0.2) is 0 Å². The van der Waals surface area contributed by atoms with Crippen LogP contribution in [0, 0.1) is 6.92 Å². The summed E-state index contributed by atoms with van der Waals surface area (Å²) < 4.78 is 0. The van der Waals surface area contributed by atoms with Gasteiger partial charge in [0.2, 0.25) is 11.8 Å². The van der Waals surface area contributed by atoms with Gasteiger partial charge in [0.25, 0.3) is 0 Å². The van der Waals surface area contributed by atoms with Gasteiger partial charge < -0.3 is 10.2 Å². The minimum Gasteiger partial charge on any atom is -0.357 e. The molecule has 0 aromatic heterocycles. The van der Waals surface area contributed by atoms with Crippen LogP contribution in [-0.2, 0) is 22.6 Å². The molecule has 2 amide bonds. The van der Waals surface area contributed by atoms with Crippen LogP contribution in [0.15, 0.2) is 48.5 Å². The van der Waals surface area contributed by atoms with Crippen molar-refractivity contribution in [3.05, 3.63) is 70.8 Å². The zero-order valence-corrected chi connectivity index (χ0v) is 17.7. The molecule has 0 aliphatic carbocycles. The van der Waals surface area contributed by atoms with Gasteiger partial charge in [-0.3, -0.25) is 9.59 Å². The van der Waals surface area contributed by atoms with Crippen molar-refractivity contribution >= 4 is 11.8 Å². The number of aryl methyl sites for hydroxylation is 2. The molecule has 0 radical (unpaired) electrons. The Labute approximate surface area is 169 Å². The fourth-order valence-corrected chi connectivity index (χ4v) is 3.23. The third-order valence-corrected chi connectivity index (χ3v) is 5.29. The summed E-state index contributed by atoms with van der Waals surface area (Å²) in [6.45, 7) is 8.59. The van der Waals surface area contributed by atoms with Crippen LogP contribution < -0.4 is 5.32 Å². The van der Waals surface area contributed by atoms with Crippen molar-refractivity contribution in [3.63, 3.8) is 0 Å². The van der Waals surface area contributed by atoms with E-state index in [1.54, 1.807) is 18.9 Å². The summed E-state index contributed by atoms with van der Waals surface area (Å²) >= 11 is 0. The highest BCUT2D eigenvalue weighted by Gasteiger charge is 2.25. The largest absolute Gasteiger partial charge is 0.357 e. The van der Waals surface area contributed by atoms with Crippen LogP contribution in [0.1, 0.15) is 55.4 Å². The van der Waals surface area contributed by atoms with E-state index in [0.717, 1.165) is 16.7 Å². The van der Waals surface area contributed by atoms with E-state index >= 15 is 0 Å². The van der Waals surface area contributed by atoms with Gasteiger partial charge in [-0.2, -0.15) is 0 Å². The molecule has 28 heavy (non-hydrogen) atoms. The molecular weight excluding hydrogens is 348 g/mol. The molecule has 0 unspecified atom stereocenters. The van der Waals surface area contributed by atoms with Gasteiger partial charge in [-0.1, -0.05) is 62.4 Å². The molecule has 0 saturated carbocycles. The lowest BCUT2D eigenvalue weighted by atomic mass is 10.00. The Balaban J connectivity index is 2.11. The molecule has 150 valence electrons. The van der Waals surface area contributed by atoms with Gasteiger partial charge in [-0.25, -0.2) is 0 Å². The van der Waals surface area contributed by atoms with Crippen LogP contribution in [-0.4, -0.2) is 29.8 Å². The molecule has 0 bridgehead atoms. The summed E-state index contributed by atoms with van der Waals surface area (Å²) in [5, 5.41) is 2.66. The number of nitrogens with one attached hydrogen (secondary N) is 1. The predicted octanol–water partition coefficient (Wildman–Crippen LogP) is 4.21. The quantitative estimate of drug-likeness (QED) is 0.746. The summed E-state index contributed by atoms with van der Waals surface area (Å²) in [6, 6.07) is 15.9. The first kappa shape index (κ1) is 21.7. The first-order valence-electron chi connectivity index (χ1n) is 9.98. The lowest BCUT2D eigenvalue weighted by molar-refractivity contribution is -0.140. The number of nitrogens with zero attached hydrogens (tertiary/aromatic N) is 1. The fourth-order valence-electron chi connectivity index (χ4n) is 3.23. The third kappa shape index (κ3) is 5.69. The van der Waals surface area contributed by atoms with Crippen LogP contribution in [0.4, 0.5) is 0 Å². The monoisotopic (exact) mass is 380 g/mol. The lowest BCUT2D eigenvalue weighted by Crippen LogP contribution is -2.46. The molecule has 0 aliphatic rings. The molecule has 2 aromatic carbocycles. The van der Waals surface area contributed by atoms with Crippen molar-refractivity contribution in [1.82, 2.24) is 10.2 Å². The van der Waals surface area contributed by atoms with E-state index in [-0.39, 0.29) is 11.8 Å².